The molecule has 104 heavy (non-hydrogen) atoms. The molecular formula is C85H152O17P2. The predicted octanol–water partition coefficient (Wildman–Crippen LogP) is 24.6. The van der Waals surface area contributed by atoms with E-state index in [1.807, 2.05) is 0 Å². The van der Waals surface area contributed by atoms with E-state index in [1.165, 1.54) is 109 Å². The van der Waals surface area contributed by atoms with E-state index in [0.29, 0.717) is 25.7 Å². The van der Waals surface area contributed by atoms with Crippen molar-refractivity contribution >= 4 is 39.5 Å². The lowest BCUT2D eigenvalue weighted by Crippen LogP contribution is -2.30. The molecule has 19 heteroatoms. The van der Waals surface area contributed by atoms with Crippen LogP contribution in [0.5, 0.6) is 0 Å². The van der Waals surface area contributed by atoms with E-state index >= 15 is 0 Å². The minimum absolute atomic E-state index is 0.0839. The Morgan fingerprint density at radius 1 is 0.279 bits per heavy atom. The van der Waals surface area contributed by atoms with Gasteiger partial charge in [0, 0.05) is 25.7 Å². The monoisotopic (exact) mass is 1510 g/mol. The lowest BCUT2D eigenvalue weighted by atomic mass is 10.0. The van der Waals surface area contributed by atoms with Gasteiger partial charge < -0.3 is 33.8 Å². The number of hydrogen-bond acceptors (Lipinski definition) is 15. The minimum Gasteiger partial charge on any atom is -0.462 e. The lowest BCUT2D eigenvalue weighted by molar-refractivity contribution is -0.161. The van der Waals surface area contributed by atoms with E-state index in [1.54, 1.807) is 0 Å². The number of phosphoric acid groups is 2. The number of aliphatic hydroxyl groups is 1. The molecule has 0 aromatic carbocycles. The van der Waals surface area contributed by atoms with Gasteiger partial charge in [-0.15, -0.1) is 0 Å². The Labute approximate surface area is 634 Å². The molecule has 0 bridgehead atoms. The molecule has 5 atom stereocenters. The second-order valence-electron chi connectivity index (χ2n) is 28.0. The summed E-state index contributed by atoms with van der Waals surface area (Å²) < 4.78 is 68.7. The maximum atomic E-state index is 13.1. The van der Waals surface area contributed by atoms with E-state index in [4.69, 9.17) is 37.0 Å². The molecule has 0 aromatic heterocycles. The van der Waals surface area contributed by atoms with Crippen LogP contribution in [0.25, 0.3) is 0 Å². The van der Waals surface area contributed by atoms with Crippen LogP contribution >= 0.6 is 15.6 Å². The van der Waals surface area contributed by atoms with Gasteiger partial charge in [0.2, 0.25) is 0 Å². The smallest absolute Gasteiger partial charge is 0.462 e. The third-order valence-electron chi connectivity index (χ3n) is 17.8. The molecule has 0 aliphatic rings. The Morgan fingerprint density at radius 3 is 0.808 bits per heavy atom. The molecule has 0 aliphatic heterocycles. The highest BCUT2D eigenvalue weighted by molar-refractivity contribution is 7.47. The Bertz CT molecular complexity index is 2300. The van der Waals surface area contributed by atoms with Crippen molar-refractivity contribution in [3.05, 3.63) is 85.1 Å². The summed E-state index contributed by atoms with van der Waals surface area (Å²) in [5.41, 5.74) is 0. The van der Waals surface area contributed by atoms with Gasteiger partial charge in [-0.3, -0.25) is 37.3 Å². The van der Waals surface area contributed by atoms with Gasteiger partial charge >= 0.3 is 39.5 Å². The first kappa shape index (κ1) is 100. The summed E-state index contributed by atoms with van der Waals surface area (Å²) in [7, 11) is -9.96. The molecule has 0 amide bonds. The Balaban J connectivity index is 5.33. The number of phosphoric ester groups is 2. The normalized spacial score (nSPS) is 14.3. The van der Waals surface area contributed by atoms with E-state index in [9.17, 15) is 43.2 Å². The number of allylic oxidation sites excluding steroid dienone is 14. The second-order valence-corrected chi connectivity index (χ2v) is 30.9. The zero-order valence-corrected chi connectivity index (χ0v) is 68.0. The molecule has 0 fully saturated rings. The highest BCUT2D eigenvalue weighted by Gasteiger charge is 2.30. The van der Waals surface area contributed by atoms with Crippen molar-refractivity contribution in [1.29, 1.82) is 0 Å². The van der Waals surface area contributed by atoms with Crippen molar-refractivity contribution in [2.24, 2.45) is 0 Å². The quantitative estimate of drug-likeness (QED) is 0.0169. The SMILES string of the molecule is CC/C=C\C/C=C\C/C=C\CCCCCCCCCC(=O)OCC(COP(=O)(O)OCC(O)COP(=O)(O)OCC(COC(=O)CCCCCCCC/C=C\C/C=C\C/C=C\CCCCC)OC(=O)CCCCCCC/C=C\CCCCCC)OC(=O)CCCCCCCCCCCCCCCCC. The third kappa shape index (κ3) is 76.4. The fourth-order valence-electron chi connectivity index (χ4n) is 11.5. The van der Waals surface area contributed by atoms with Gasteiger partial charge in [-0.05, 0) is 122 Å². The standard InChI is InChI=1S/C85H152O17P2/c1-5-9-13-17-21-25-29-33-36-38-39-41-44-47-50-54-58-62-66-70-83(88)95-75-80(101-84(89)71-67-63-59-55-51-45-32-28-24-20-16-12-8-4)77-99-103(91,92)97-73-79(86)74-98-104(93,94)100-78-81(102-85(90)72-68-64-60-56-52-48-42-35-31-27-23-19-15-11-7-3)76-96-82(87)69-65-61-57-53-49-46-43-40-37-34-30-26-22-18-14-10-6-2/h10,14,21-22,25-26,28,32-34,36-37,39,41,79-81,86H,5-9,11-13,15-20,23-24,27,29-31,35,38,40,42-78H2,1-4H3,(H,91,92)(H,93,94)/b14-10-,25-21-,26-22-,32-28-,36-33-,37-34-,41-39-. The molecule has 0 saturated carbocycles. The molecule has 3 N–H and O–H groups in total. The maximum Gasteiger partial charge on any atom is 0.472 e. The van der Waals surface area contributed by atoms with Gasteiger partial charge in [0.25, 0.3) is 0 Å². The van der Waals surface area contributed by atoms with Gasteiger partial charge in [-0.25, -0.2) is 9.13 Å². The summed E-state index contributed by atoms with van der Waals surface area (Å²) >= 11 is 0. The molecule has 17 nitrogen and oxygen atoms in total. The van der Waals surface area contributed by atoms with Crippen LogP contribution in [0.2, 0.25) is 0 Å². The van der Waals surface area contributed by atoms with Gasteiger partial charge in [-0.1, -0.05) is 312 Å². The number of carbonyl (C=O) groups is 4. The number of aliphatic hydroxyl groups excluding tert-OH is 1. The predicted molar refractivity (Wildman–Crippen MR) is 427 cm³/mol. The first-order valence-electron chi connectivity index (χ1n) is 41.8. The summed E-state index contributed by atoms with van der Waals surface area (Å²) in [5.74, 6) is -2.18. The fourth-order valence-corrected chi connectivity index (χ4v) is 13.1. The van der Waals surface area contributed by atoms with Gasteiger partial charge in [0.15, 0.2) is 12.2 Å². The molecule has 0 heterocycles. The van der Waals surface area contributed by atoms with Crippen LogP contribution in [0, 0.1) is 0 Å². The summed E-state index contributed by atoms with van der Waals surface area (Å²) in [6.07, 6.45) is 81.1. The van der Waals surface area contributed by atoms with Crippen LogP contribution in [0.4, 0.5) is 0 Å². The molecular weight excluding hydrogens is 1350 g/mol. The van der Waals surface area contributed by atoms with Crippen molar-refractivity contribution in [2.75, 3.05) is 39.6 Å². The van der Waals surface area contributed by atoms with Crippen molar-refractivity contribution in [2.45, 2.75) is 393 Å². The van der Waals surface area contributed by atoms with Crippen LogP contribution in [0.3, 0.4) is 0 Å². The average Bonchev–Trinajstić information content (AvgIpc) is 0.939. The molecule has 0 rings (SSSR count). The fraction of sp³-hybridized carbons (Fsp3) is 0.788. The minimum atomic E-state index is -4.98. The lowest BCUT2D eigenvalue weighted by Gasteiger charge is -2.21. The van der Waals surface area contributed by atoms with Crippen molar-refractivity contribution in [1.82, 2.24) is 0 Å². The second kappa shape index (κ2) is 77.4. The Kier molecular flexibility index (Phi) is 74.6. The molecule has 5 unspecified atom stereocenters. The third-order valence-corrected chi connectivity index (χ3v) is 19.7. The van der Waals surface area contributed by atoms with Gasteiger partial charge in [-0.2, -0.15) is 0 Å². The summed E-state index contributed by atoms with van der Waals surface area (Å²) in [6.45, 7) is 4.76. The van der Waals surface area contributed by atoms with E-state index < -0.39 is 97.5 Å². The van der Waals surface area contributed by atoms with Gasteiger partial charge in [0.1, 0.15) is 19.3 Å². The molecule has 0 spiro atoms. The van der Waals surface area contributed by atoms with Crippen LogP contribution in [0.15, 0.2) is 85.1 Å². The zero-order chi connectivity index (χ0) is 76.0. The highest BCUT2D eigenvalue weighted by Crippen LogP contribution is 2.45. The Hall–Kier alpha value is -3.76. The van der Waals surface area contributed by atoms with Crippen LogP contribution in [-0.2, 0) is 65.4 Å². The van der Waals surface area contributed by atoms with Crippen molar-refractivity contribution in [3.63, 3.8) is 0 Å². The van der Waals surface area contributed by atoms with E-state index in [0.717, 1.165) is 186 Å². The molecule has 0 aliphatic carbocycles. The summed E-state index contributed by atoms with van der Waals surface area (Å²) in [6, 6.07) is 0. The highest BCUT2D eigenvalue weighted by atomic mass is 31.2. The van der Waals surface area contributed by atoms with Gasteiger partial charge in [0.05, 0.1) is 26.4 Å². The first-order chi connectivity index (χ1) is 50.7. The van der Waals surface area contributed by atoms with E-state index in [-0.39, 0.29) is 25.7 Å². The first-order valence-corrected chi connectivity index (χ1v) is 44.8. The Morgan fingerprint density at radius 2 is 0.500 bits per heavy atom. The molecule has 604 valence electrons. The molecule has 0 radical (unpaired) electrons. The number of unbranched alkanes of at least 4 members (excludes halogenated alkanes) is 39. The number of hydrogen-bond donors (Lipinski definition) is 3. The summed E-state index contributed by atoms with van der Waals surface area (Å²) in [5, 5.41) is 10.7. The van der Waals surface area contributed by atoms with Crippen LogP contribution in [-0.4, -0.2) is 96.7 Å². The number of carbonyl (C=O) groups excluding carboxylic acids is 4. The van der Waals surface area contributed by atoms with E-state index in [2.05, 4.69) is 113 Å². The van der Waals surface area contributed by atoms with Crippen LogP contribution < -0.4 is 0 Å². The maximum absolute atomic E-state index is 13.1. The number of ether oxygens (including phenoxy) is 4. The van der Waals surface area contributed by atoms with Crippen LogP contribution in [0.1, 0.15) is 374 Å². The summed E-state index contributed by atoms with van der Waals surface area (Å²) in [4.78, 5) is 73.1. The van der Waals surface area contributed by atoms with Crippen molar-refractivity contribution < 1.29 is 80.2 Å². The number of esters is 4. The number of rotatable bonds is 79. The van der Waals surface area contributed by atoms with Crippen molar-refractivity contribution in [3.8, 4) is 0 Å². The largest absolute Gasteiger partial charge is 0.472 e. The molecule has 0 aromatic rings. The average molecular weight is 1510 g/mol. The zero-order valence-electron chi connectivity index (χ0n) is 66.2. The molecule has 0 saturated heterocycles. The topological polar surface area (TPSA) is 237 Å².